The number of benzene rings is 2. The van der Waals surface area contributed by atoms with E-state index in [0.29, 0.717) is 17.2 Å². The Hall–Kier alpha value is -1.39. The van der Waals surface area contributed by atoms with Crippen molar-refractivity contribution in [2.24, 2.45) is 5.73 Å². The van der Waals surface area contributed by atoms with Gasteiger partial charge in [0.15, 0.2) is 11.6 Å². The Bertz CT molecular complexity index is 543. The van der Waals surface area contributed by atoms with Crippen LogP contribution in [0.3, 0.4) is 0 Å². The summed E-state index contributed by atoms with van der Waals surface area (Å²) >= 11 is 1.46. The molecule has 94 valence electrons. The third-order valence-corrected chi connectivity index (χ3v) is 3.67. The van der Waals surface area contributed by atoms with Crippen LogP contribution in [0.15, 0.2) is 47.4 Å². The lowest BCUT2D eigenvalue weighted by Gasteiger charge is -2.07. The second kappa shape index (κ2) is 5.98. The smallest absolute Gasteiger partial charge is 0.159 e. The second-order valence-electron chi connectivity index (χ2n) is 3.84. The summed E-state index contributed by atoms with van der Waals surface area (Å²) in [6.45, 7) is 0.481. The molecule has 0 aliphatic rings. The summed E-state index contributed by atoms with van der Waals surface area (Å²) in [7, 11) is 0. The molecular formula is C14H13F2NS. The van der Waals surface area contributed by atoms with Gasteiger partial charge >= 0.3 is 0 Å². The lowest BCUT2D eigenvalue weighted by atomic mass is 10.1. The Labute approximate surface area is 109 Å². The predicted octanol–water partition coefficient (Wildman–Crippen LogP) is 3.72. The maximum atomic E-state index is 13.0. The molecule has 0 heterocycles. The fourth-order valence-corrected chi connectivity index (χ4v) is 2.58. The van der Waals surface area contributed by atoms with Crippen LogP contribution in [0.25, 0.3) is 0 Å². The van der Waals surface area contributed by atoms with E-state index in [9.17, 15) is 8.78 Å². The van der Waals surface area contributed by atoms with Gasteiger partial charge in [-0.1, -0.05) is 24.3 Å². The van der Waals surface area contributed by atoms with Crippen LogP contribution < -0.4 is 5.73 Å². The van der Waals surface area contributed by atoms with Crippen molar-refractivity contribution in [3.8, 4) is 0 Å². The van der Waals surface area contributed by atoms with E-state index in [0.717, 1.165) is 17.2 Å². The van der Waals surface area contributed by atoms with Gasteiger partial charge < -0.3 is 5.73 Å². The first-order valence-electron chi connectivity index (χ1n) is 5.55. The van der Waals surface area contributed by atoms with Gasteiger partial charge in [0.2, 0.25) is 0 Å². The predicted molar refractivity (Wildman–Crippen MR) is 70.3 cm³/mol. The third kappa shape index (κ3) is 3.09. The normalized spacial score (nSPS) is 10.6. The SMILES string of the molecule is NCc1ccccc1CSc1ccc(F)c(F)c1. The molecule has 0 aliphatic heterocycles. The minimum Gasteiger partial charge on any atom is -0.326 e. The zero-order chi connectivity index (χ0) is 13.0. The van der Waals surface area contributed by atoms with E-state index in [4.69, 9.17) is 5.73 Å². The zero-order valence-corrected chi connectivity index (χ0v) is 10.5. The van der Waals surface area contributed by atoms with Crippen LogP contribution in [0.2, 0.25) is 0 Å². The molecule has 0 fully saturated rings. The molecule has 2 N–H and O–H groups in total. The molecule has 0 radical (unpaired) electrons. The highest BCUT2D eigenvalue weighted by Gasteiger charge is 2.05. The largest absolute Gasteiger partial charge is 0.326 e. The summed E-state index contributed by atoms with van der Waals surface area (Å²) in [6, 6.07) is 11.8. The molecule has 0 unspecified atom stereocenters. The molecule has 0 amide bonds. The summed E-state index contributed by atoms with van der Waals surface area (Å²) in [6.07, 6.45) is 0. The molecule has 2 rings (SSSR count). The van der Waals surface area contributed by atoms with Gasteiger partial charge in [-0.15, -0.1) is 11.8 Å². The molecule has 0 aromatic heterocycles. The Balaban J connectivity index is 2.09. The summed E-state index contributed by atoms with van der Waals surface area (Å²) in [4.78, 5) is 0.709. The van der Waals surface area contributed by atoms with E-state index in [-0.39, 0.29) is 0 Å². The van der Waals surface area contributed by atoms with Gasteiger partial charge in [-0.3, -0.25) is 0 Å². The van der Waals surface area contributed by atoms with Crippen molar-refractivity contribution in [2.45, 2.75) is 17.2 Å². The quantitative estimate of drug-likeness (QED) is 0.853. The standard InChI is InChI=1S/C14H13F2NS/c15-13-6-5-12(7-14(13)16)18-9-11-4-2-1-3-10(11)8-17/h1-7H,8-9,17H2. The average molecular weight is 265 g/mol. The number of halogens is 2. The van der Waals surface area contributed by atoms with Crippen LogP contribution in [0.4, 0.5) is 8.78 Å². The van der Waals surface area contributed by atoms with Crippen molar-refractivity contribution in [3.63, 3.8) is 0 Å². The van der Waals surface area contributed by atoms with Crippen molar-refractivity contribution < 1.29 is 8.78 Å². The van der Waals surface area contributed by atoms with Crippen LogP contribution in [0.5, 0.6) is 0 Å². The second-order valence-corrected chi connectivity index (χ2v) is 4.89. The van der Waals surface area contributed by atoms with Crippen LogP contribution in [-0.2, 0) is 12.3 Å². The average Bonchev–Trinajstić information content (AvgIpc) is 2.40. The molecule has 0 saturated heterocycles. The van der Waals surface area contributed by atoms with E-state index in [2.05, 4.69) is 0 Å². The first-order chi connectivity index (χ1) is 8.70. The summed E-state index contributed by atoms with van der Waals surface area (Å²) in [5.41, 5.74) is 7.84. The Kier molecular flexibility index (Phi) is 4.33. The highest BCUT2D eigenvalue weighted by molar-refractivity contribution is 7.98. The van der Waals surface area contributed by atoms with E-state index in [1.807, 2.05) is 24.3 Å². The van der Waals surface area contributed by atoms with Crippen molar-refractivity contribution in [1.29, 1.82) is 0 Å². The van der Waals surface area contributed by atoms with Crippen LogP contribution >= 0.6 is 11.8 Å². The monoisotopic (exact) mass is 265 g/mol. The van der Waals surface area contributed by atoms with Gasteiger partial charge in [-0.05, 0) is 29.3 Å². The Morgan fingerprint density at radius 1 is 0.944 bits per heavy atom. The highest BCUT2D eigenvalue weighted by Crippen LogP contribution is 2.25. The third-order valence-electron chi connectivity index (χ3n) is 2.62. The zero-order valence-electron chi connectivity index (χ0n) is 9.70. The molecule has 2 aromatic carbocycles. The number of nitrogens with two attached hydrogens (primary N) is 1. The molecule has 4 heteroatoms. The van der Waals surface area contributed by atoms with Gasteiger partial charge in [-0.25, -0.2) is 8.78 Å². The maximum Gasteiger partial charge on any atom is 0.159 e. The van der Waals surface area contributed by atoms with Crippen LogP contribution in [0.1, 0.15) is 11.1 Å². The van der Waals surface area contributed by atoms with Crippen molar-refractivity contribution >= 4 is 11.8 Å². The fraction of sp³-hybridized carbons (Fsp3) is 0.143. The van der Waals surface area contributed by atoms with E-state index < -0.39 is 11.6 Å². The Morgan fingerprint density at radius 2 is 1.67 bits per heavy atom. The first kappa shape index (κ1) is 13.1. The fourth-order valence-electron chi connectivity index (χ4n) is 1.63. The van der Waals surface area contributed by atoms with Crippen molar-refractivity contribution in [3.05, 3.63) is 65.2 Å². The molecule has 2 aromatic rings. The number of hydrogen-bond donors (Lipinski definition) is 1. The number of thioether (sulfide) groups is 1. The minimum atomic E-state index is -0.818. The van der Waals surface area contributed by atoms with E-state index in [1.54, 1.807) is 6.07 Å². The highest BCUT2D eigenvalue weighted by atomic mass is 32.2. The molecule has 0 aliphatic carbocycles. The van der Waals surface area contributed by atoms with Crippen molar-refractivity contribution in [1.82, 2.24) is 0 Å². The van der Waals surface area contributed by atoms with Gasteiger partial charge in [0.25, 0.3) is 0 Å². The van der Waals surface area contributed by atoms with Gasteiger partial charge in [-0.2, -0.15) is 0 Å². The summed E-state index contributed by atoms with van der Waals surface area (Å²) in [5.74, 6) is -0.938. The van der Waals surface area contributed by atoms with Crippen LogP contribution in [0, 0.1) is 11.6 Å². The summed E-state index contributed by atoms with van der Waals surface area (Å²) < 4.78 is 25.8. The molecule has 1 nitrogen and oxygen atoms in total. The summed E-state index contributed by atoms with van der Waals surface area (Å²) in [5, 5.41) is 0. The molecule has 0 saturated carbocycles. The Morgan fingerprint density at radius 3 is 2.33 bits per heavy atom. The van der Waals surface area contributed by atoms with Gasteiger partial charge in [0, 0.05) is 17.2 Å². The van der Waals surface area contributed by atoms with Gasteiger partial charge in [0.1, 0.15) is 0 Å². The lowest BCUT2D eigenvalue weighted by Crippen LogP contribution is -2.00. The first-order valence-corrected chi connectivity index (χ1v) is 6.54. The molecule has 0 atom stereocenters. The topological polar surface area (TPSA) is 26.0 Å². The van der Waals surface area contributed by atoms with E-state index >= 15 is 0 Å². The number of hydrogen-bond acceptors (Lipinski definition) is 2. The lowest BCUT2D eigenvalue weighted by molar-refractivity contribution is 0.506. The van der Waals surface area contributed by atoms with Crippen molar-refractivity contribution in [2.75, 3.05) is 0 Å². The number of rotatable bonds is 4. The molecule has 0 spiro atoms. The molecular weight excluding hydrogens is 252 g/mol. The van der Waals surface area contributed by atoms with Crippen LogP contribution in [-0.4, -0.2) is 0 Å². The van der Waals surface area contributed by atoms with E-state index in [1.165, 1.54) is 17.8 Å². The minimum absolute atomic E-state index is 0.481. The maximum absolute atomic E-state index is 13.0. The van der Waals surface area contributed by atoms with Gasteiger partial charge in [0.05, 0.1) is 0 Å². The molecule has 18 heavy (non-hydrogen) atoms. The molecule has 0 bridgehead atoms.